The van der Waals surface area contributed by atoms with Gasteiger partial charge in [-0.15, -0.1) is 6.42 Å². The van der Waals surface area contributed by atoms with Crippen LogP contribution in [0.25, 0.3) is 0 Å². The molecule has 0 bridgehead atoms. The van der Waals surface area contributed by atoms with Crippen LogP contribution < -0.4 is 10.6 Å². The number of H-pyrrole nitrogens is 1. The van der Waals surface area contributed by atoms with E-state index in [-0.39, 0.29) is 6.04 Å². The zero-order valence-electron chi connectivity index (χ0n) is 13.7. The summed E-state index contributed by atoms with van der Waals surface area (Å²) in [6.07, 6.45) is 9.94. The van der Waals surface area contributed by atoms with Crippen LogP contribution in [0.1, 0.15) is 24.5 Å². The molecule has 2 fully saturated rings. The number of anilines is 1. The van der Waals surface area contributed by atoms with Crippen molar-refractivity contribution in [1.29, 1.82) is 0 Å². The highest BCUT2D eigenvalue weighted by Crippen LogP contribution is 2.39. The predicted molar refractivity (Wildman–Crippen MR) is 95.9 cm³/mol. The Balaban J connectivity index is 1.54. The van der Waals surface area contributed by atoms with Gasteiger partial charge in [0.1, 0.15) is 11.7 Å². The second kappa shape index (κ2) is 6.17. The van der Waals surface area contributed by atoms with Gasteiger partial charge in [0.05, 0.1) is 6.04 Å². The summed E-state index contributed by atoms with van der Waals surface area (Å²) < 4.78 is 0. The maximum absolute atomic E-state index is 5.68. The molecule has 1 aliphatic carbocycles. The second-order valence-electron chi connectivity index (χ2n) is 6.50. The Labute approximate surface area is 142 Å². The summed E-state index contributed by atoms with van der Waals surface area (Å²) in [5, 5.41) is 14.3. The van der Waals surface area contributed by atoms with Crippen LogP contribution in [0.3, 0.4) is 0 Å². The van der Waals surface area contributed by atoms with E-state index in [0.29, 0.717) is 5.92 Å². The minimum absolute atomic E-state index is 0.160. The van der Waals surface area contributed by atoms with E-state index in [2.05, 4.69) is 49.3 Å². The minimum Gasteiger partial charge on any atom is -0.357 e. The molecule has 6 heteroatoms. The molecule has 2 aliphatic heterocycles. The molecule has 1 aromatic heterocycles. The van der Waals surface area contributed by atoms with Crippen molar-refractivity contribution in [1.82, 2.24) is 20.4 Å². The van der Waals surface area contributed by atoms with Crippen molar-refractivity contribution in [3.8, 4) is 12.3 Å². The molecule has 1 saturated heterocycles. The van der Waals surface area contributed by atoms with Crippen LogP contribution in [-0.2, 0) is 0 Å². The van der Waals surface area contributed by atoms with Crippen molar-refractivity contribution in [2.75, 3.05) is 31.5 Å². The fourth-order valence-electron chi connectivity index (χ4n) is 3.21. The normalized spacial score (nSPS) is 24.2. The Morgan fingerprint density at radius 3 is 2.83 bits per heavy atom. The Bertz CT molecular complexity index is 740. The zero-order valence-corrected chi connectivity index (χ0v) is 13.7. The summed E-state index contributed by atoms with van der Waals surface area (Å²) >= 11 is 0. The van der Waals surface area contributed by atoms with Gasteiger partial charge >= 0.3 is 0 Å². The average molecular weight is 322 g/mol. The molecule has 1 saturated carbocycles. The van der Waals surface area contributed by atoms with E-state index in [4.69, 9.17) is 6.42 Å². The van der Waals surface area contributed by atoms with E-state index in [0.717, 1.165) is 49.0 Å². The Kier molecular flexibility index (Phi) is 3.87. The highest BCUT2D eigenvalue weighted by Gasteiger charge is 2.30. The van der Waals surface area contributed by atoms with E-state index in [1.54, 1.807) is 6.20 Å². The molecule has 3 N–H and O–H groups in total. The first-order valence-electron chi connectivity index (χ1n) is 8.47. The van der Waals surface area contributed by atoms with E-state index in [1.165, 1.54) is 18.5 Å². The molecule has 124 valence electrons. The van der Waals surface area contributed by atoms with Crippen molar-refractivity contribution < 1.29 is 0 Å². The predicted octanol–water partition coefficient (Wildman–Crippen LogP) is 1.46. The lowest BCUT2D eigenvalue weighted by Gasteiger charge is -2.35. The first-order chi connectivity index (χ1) is 11.8. The monoisotopic (exact) mass is 322 g/mol. The number of aromatic amines is 1. The SMILES string of the molecule is C#CC1=CN=C(N2CCNCC2)C(=C)C1Nc1cc(C2CC2)[nH]n1. The van der Waals surface area contributed by atoms with Gasteiger partial charge in [-0.2, -0.15) is 5.10 Å². The maximum atomic E-state index is 5.68. The number of amidine groups is 1. The Hall–Kier alpha value is -2.52. The van der Waals surface area contributed by atoms with Gasteiger partial charge in [0, 0.05) is 61.2 Å². The number of aromatic nitrogens is 2. The summed E-state index contributed by atoms with van der Waals surface area (Å²) in [5.41, 5.74) is 2.89. The van der Waals surface area contributed by atoms with Crippen molar-refractivity contribution in [3.05, 3.63) is 35.7 Å². The number of rotatable bonds is 3. The molecule has 24 heavy (non-hydrogen) atoms. The number of aliphatic imine (C=N–C) groups is 1. The molecule has 3 heterocycles. The van der Waals surface area contributed by atoms with Gasteiger partial charge in [-0.25, -0.2) is 4.99 Å². The molecule has 1 unspecified atom stereocenters. The number of hydrogen-bond donors (Lipinski definition) is 3. The van der Waals surface area contributed by atoms with Crippen molar-refractivity contribution in [2.24, 2.45) is 4.99 Å². The highest BCUT2D eigenvalue weighted by atomic mass is 15.2. The minimum atomic E-state index is -0.160. The molecule has 4 rings (SSSR count). The van der Waals surface area contributed by atoms with E-state index < -0.39 is 0 Å². The molecule has 1 atom stereocenters. The van der Waals surface area contributed by atoms with Gasteiger partial charge in [0.15, 0.2) is 0 Å². The number of nitrogens with one attached hydrogen (secondary N) is 3. The van der Waals surface area contributed by atoms with Crippen LogP contribution in [0.2, 0.25) is 0 Å². The fraction of sp³-hybridized carbons (Fsp3) is 0.444. The molecule has 0 aromatic carbocycles. The number of hydrogen-bond acceptors (Lipinski definition) is 5. The van der Waals surface area contributed by atoms with Crippen LogP contribution in [0.4, 0.5) is 5.82 Å². The van der Waals surface area contributed by atoms with Crippen molar-refractivity contribution >= 4 is 11.7 Å². The van der Waals surface area contributed by atoms with Crippen LogP contribution in [0.5, 0.6) is 0 Å². The van der Waals surface area contributed by atoms with Gasteiger partial charge in [-0.05, 0) is 12.8 Å². The van der Waals surface area contributed by atoms with E-state index in [1.807, 2.05) is 0 Å². The maximum Gasteiger partial charge on any atom is 0.148 e. The Morgan fingerprint density at radius 2 is 2.12 bits per heavy atom. The first kappa shape index (κ1) is 15.0. The van der Waals surface area contributed by atoms with Gasteiger partial charge < -0.3 is 15.5 Å². The van der Waals surface area contributed by atoms with Gasteiger partial charge in [0.2, 0.25) is 0 Å². The summed E-state index contributed by atoms with van der Waals surface area (Å²) in [6, 6.07) is 1.92. The van der Waals surface area contributed by atoms with Crippen LogP contribution in [0, 0.1) is 12.3 Å². The molecular weight excluding hydrogens is 300 g/mol. The van der Waals surface area contributed by atoms with Gasteiger partial charge in [0.25, 0.3) is 0 Å². The molecule has 0 spiro atoms. The lowest BCUT2D eigenvalue weighted by Crippen LogP contribution is -2.49. The quantitative estimate of drug-likeness (QED) is 0.737. The van der Waals surface area contributed by atoms with Crippen LogP contribution in [-0.4, -0.2) is 53.2 Å². The second-order valence-corrected chi connectivity index (χ2v) is 6.50. The molecule has 6 nitrogen and oxygen atoms in total. The smallest absolute Gasteiger partial charge is 0.148 e. The number of piperazine rings is 1. The molecule has 3 aliphatic rings. The highest BCUT2D eigenvalue weighted by molar-refractivity contribution is 6.01. The van der Waals surface area contributed by atoms with Crippen molar-refractivity contribution in [2.45, 2.75) is 24.8 Å². The Morgan fingerprint density at radius 1 is 1.33 bits per heavy atom. The summed E-state index contributed by atoms with van der Waals surface area (Å²) in [7, 11) is 0. The third kappa shape index (κ3) is 2.83. The topological polar surface area (TPSA) is 68.3 Å². The zero-order chi connectivity index (χ0) is 16.5. The number of terminal acetylenes is 1. The molecule has 1 aromatic rings. The first-order valence-corrected chi connectivity index (χ1v) is 8.47. The fourth-order valence-corrected chi connectivity index (χ4v) is 3.21. The standard InChI is InChI=1S/C18H22N6/c1-3-13-11-20-18(24-8-6-19-7-9-24)12(2)17(13)21-16-10-15(22-23-16)14-4-5-14/h1,10-11,14,17,19H,2,4-9H2,(H2,21,22,23). The van der Waals surface area contributed by atoms with Crippen LogP contribution >= 0.6 is 0 Å². The lowest BCUT2D eigenvalue weighted by molar-refractivity contribution is 0.356. The average Bonchev–Trinajstić information content (AvgIpc) is 3.37. The molecule has 0 radical (unpaired) electrons. The molecule has 0 amide bonds. The van der Waals surface area contributed by atoms with E-state index >= 15 is 0 Å². The summed E-state index contributed by atoms with van der Waals surface area (Å²) in [6.45, 7) is 8.05. The summed E-state index contributed by atoms with van der Waals surface area (Å²) in [4.78, 5) is 6.83. The number of nitrogens with zero attached hydrogens (tertiary/aromatic N) is 3. The van der Waals surface area contributed by atoms with E-state index in [9.17, 15) is 0 Å². The summed E-state index contributed by atoms with van der Waals surface area (Å²) in [5.74, 6) is 5.11. The van der Waals surface area contributed by atoms with Crippen LogP contribution in [0.15, 0.2) is 35.0 Å². The van der Waals surface area contributed by atoms with Gasteiger partial charge in [-0.1, -0.05) is 12.5 Å². The lowest BCUT2D eigenvalue weighted by atomic mass is 9.97. The third-order valence-electron chi connectivity index (χ3n) is 4.76. The van der Waals surface area contributed by atoms with Crippen molar-refractivity contribution in [3.63, 3.8) is 0 Å². The third-order valence-corrected chi connectivity index (χ3v) is 4.76. The van der Waals surface area contributed by atoms with Gasteiger partial charge in [-0.3, -0.25) is 5.10 Å². The largest absolute Gasteiger partial charge is 0.357 e. The molecular formula is C18H22N6.